The van der Waals surface area contributed by atoms with Crippen molar-refractivity contribution in [3.05, 3.63) is 29.3 Å². The minimum absolute atomic E-state index is 0.00884. The first-order chi connectivity index (χ1) is 8.71. The summed E-state index contributed by atoms with van der Waals surface area (Å²) < 4.78 is 16.2. The molecule has 100 valence electrons. The van der Waals surface area contributed by atoms with Gasteiger partial charge in [-0.2, -0.15) is 0 Å². The molecule has 4 heteroatoms. The summed E-state index contributed by atoms with van der Waals surface area (Å²) in [5.74, 6) is 0.726. The zero-order valence-electron chi connectivity index (χ0n) is 11.1. The summed E-state index contributed by atoms with van der Waals surface area (Å²) in [5, 5.41) is 0. The van der Waals surface area contributed by atoms with Crippen molar-refractivity contribution in [2.24, 2.45) is 0 Å². The van der Waals surface area contributed by atoms with Gasteiger partial charge in [0.1, 0.15) is 12.0 Å². The van der Waals surface area contributed by atoms with E-state index in [0.29, 0.717) is 25.4 Å². The summed E-state index contributed by atoms with van der Waals surface area (Å²) >= 11 is 0. The molecule has 0 fully saturated rings. The molecule has 0 radical (unpaired) electrons. The average molecular weight is 252 g/mol. The lowest BCUT2D eigenvalue weighted by atomic mass is 10.1. The molecule has 0 amide bonds. The number of hydrogen-bond donors (Lipinski definition) is 0. The van der Waals surface area contributed by atoms with E-state index in [1.165, 1.54) is 0 Å². The van der Waals surface area contributed by atoms with Gasteiger partial charge in [-0.15, -0.1) is 0 Å². The third-order valence-electron chi connectivity index (χ3n) is 2.52. The van der Waals surface area contributed by atoms with E-state index in [1.54, 1.807) is 25.3 Å². The predicted octanol–water partition coefficient (Wildman–Crippen LogP) is 2.45. The maximum Gasteiger partial charge on any atom is 0.150 e. The van der Waals surface area contributed by atoms with Gasteiger partial charge in [0, 0.05) is 17.7 Å². The summed E-state index contributed by atoms with van der Waals surface area (Å²) in [7, 11) is 1.60. The van der Waals surface area contributed by atoms with Crippen molar-refractivity contribution in [2.45, 2.75) is 26.6 Å². The van der Waals surface area contributed by atoms with Gasteiger partial charge in [0.15, 0.2) is 0 Å². The Kier molecular flexibility index (Phi) is 6.39. The highest BCUT2D eigenvalue weighted by molar-refractivity contribution is 5.75. The van der Waals surface area contributed by atoms with Crippen LogP contribution in [0, 0.1) is 0 Å². The Balaban J connectivity index is 2.61. The van der Waals surface area contributed by atoms with E-state index in [4.69, 9.17) is 14.2 Å². The van der Waals surface area contributed by atoms with Gasteiger partial charge in [0.25, 0.3) is 0 Å². The lowest BCUT2D eigenvalue weighted by molar-refractivity contribution is -0.0121. The Labute approximate surface area is 108 Å². The van der Waals surface area contributed by atoms with Crippen LogP contribution >= 0.6 is 0 Å². The SMILES string of the molecule is CCOCC(C)OCc1cc(C=O)ccc1OC. The summed E-state index contributed by atoms with van der Waals surface area (Å²) in [5.41, 5.74) is 1.48. The molecule has 0 aliphatic heterocycles. The van der Waals surface area contributed by atoms with Gasteiger partial charge in [-0.3, -0.25) is 4.79 Å². The molecule has 1 unspecified atom stereocenters. The minimum atomic E-state index is 0.00884. The van der Waals surface area contributed by atoms with Gasteiger partial charge in [0.2, 0.25) is 0 Å². The number of methoxy groups -OCH3 is 1. The number of aldehydes is 1. The molecule has 1 aromatic rings. The number of carbonyl (C=O) groups excluding carboxylic acids is 1. The van der Waals surface area contributed by atoms with E-state index in [9.17, 15) is 4.79 Å². The van der Waals surface area contributed by atoms with Gasteiger partial charge in [0.05, 0.1) is 26.4 Å². The standard InChI is InChI=1S/C14H20O4/c1-4-17-9-11(2)18-10-13-7-12(8-15)5-6-14(13)16-3/h5-8,11H,4,9-10H2,1-3H3. The fourth-order valence-electron chi connectivity index (χ4n) is 1.55. The van der Waals surface area contributed by atoms with Gasteiger partial charge < -0.3 is 14.2 Å². The molecule has 0 bridgehead atoms. The zero-order valence-corrected chi connectivity index (χ0v) is 11.1. The van der Waals surface area contributed by atoms with E-state index >= 15 is 0 Å². The van der Waals surface area contributed by atoms with Gasteiger partial charge in [-0.05, 0) is 32.0 Å². The molecular weight excluding hydrogens is 232 g/mol. The molecule has 0 saturated heterocycles. The van der Waals surface area contributed by atoms with Crippen molar-refractivity contribution >= 4 is 6.29 Å². The Hall–Kier alpha value is -1.39. The molecule has 4 nitrogen and oxygen atoms in total. The van der Waals surface area contributed by atoms with E-state index in [0.717, 1.165) is 17.6 Å². The highest BCUT2D eigenvalue weighted by Crippen LogP contribution is 2.20. The Morgan fingerprint density at radius 2 is 2.17 bits per heavy atom. The Morgan fingerprint density at radius 3 is 2.78 bits per heavy atom. The van der Waals surface area contributed by atoms with Crippen LogP contribution in [-0.4, -0.2) is 32.7 Å². The highest BCUT2D eigenvalue weighted by atomic mass is 16.5. The first-order valence-electron chi connectivity index (χ1n) is 6.02. The molecule has 0 aliphatic carbocycles. The van der Waals surface area contributed by atoms with Gasteiger partial charge >= 0.3 is 0 Å². The fraction of sp³-hybridized carbons (Fsp3) is 0.500. The van der Waals surface area contributed by atoms with Crippen LogP contribution in [0.1, 0.15) is 29.8 Å². The first-order valence-corrected chi connectivity index (χ1v) is 6.02. The van der Waals surface area contributed by atoms with Crippen molar-refractivity contribution in [1.82, 2.24) is 0 Å². The van der Waals surface area contributed by atoms with Crippen molar-refractivity contribution < 1.29 is 19.0 Å². The van der Waals surface area contributed by atoms with Crippen molar-refractivity contribution in [1.29, 1.82) is 0 Å². The van der Waals surface area contributed by atoms with E-state index in [2.05, 4.69) is 0 Å². The molecule has 0 spiro atoms. The topological polar surface area (TPSA) is 44.8 Å². The van der Waals surface area contributed by atoms with Crippen LogP contribution < -0.4 is 4.74 Å². The first kappa shape index (κ1) is 14.7. The van der Waals surface area contributed by atoms with Gasteiger partial charge in [-0.25, -0.2) is 0 Å². The highest BCUT2D eigenvalue weighted by Gasteiger charge is 2.07. The van der Waals surface area contributed by atoms with E-state index in [-0.39, 0.29) is 6.10 Å². The molecular formula is C14H20O4. The molecule has 1 aromatic carbocycles. The second kappa shape index (κ2) is 7.84. The minimum Gasteiger partial charge on any atom is -0.496 e. The number of hydrogen-bond acceptors (Lipinski definition) is 4. The Bertz CT molecular complexity index is 376. The molecule has 18 heavy (non-hydrogen) atoms. The third-order valence-corrected chi connectivity index (χ3v) is 2.52. The van der Waals surface area contributed by atoms with Crippen LogP contribution in [0.2, 0.25) is 0 Å². The lowest BCUT2D eigenvalue weighted by Crippen LogP contribution is -2.16. The van der Waals surface area contributed by atoms with Crippen LogP contribution in [0.15, 0.2) is 18.2 Å². The molecule has 0 heterocycles. The number of ether oxygens (including phenoxy) is 3. The van der Waals surface area contributed by atoms with E-state index < -0.39 is 0 Å². The van der Waals surface area contributed by atoms with E-state index in [1.807, 2.05) is 13.8 Å². The second-order valence-corrected chi connectivity index (χ2v) is 3.97. The monoisotopic (exact) mass is 252 g/mol. The normalized spacial score (nSPS) is 12.2. The smallest absolute Gasteiger partial charge is 0.150 e. The number of rotatable bonds is 8. The van der Waals surface area contributed by atoms with Gasteiger partial charge in [-0.1, -0.05) is 0 Å². The molecule has 0 aliphatic rings. The third kappa shape index (κ3) is 4.47. The summed E-state index contributed by atoms with van der Waals surface area (Å²) in [6.07, 6.45) is 0.821. The van der Waals surface area contributed by atoms with Crippen molar-refractivity contribution in [3.63, 3.8) is 0 Å². The maximum atomic E-state index is 10.7. The van der Waals surface area contributed by atoms with Crippen LogP contribution in [0.25, 0.3) is 0 Å². The largest absolute Gasteiger partial charge is 0.496 e. The quantitative estimate of drug-likeness (QED) is 0.667. The van der Waals surface area contributed by atoms with Crippen molar-refractivity contribution in [2.75, 3.05) is 20.3 Å². The second-order valence-electron chi connectivity index (χ2n) is 3.97. The fourth-order valence-corrected chi connectivity index (χ4v) is 1.55. The number of benzene rings is 1. The molecule has 1 rings (SSSR count). The Morgan fingerprint density at radius 1 is 1.39 bits per heavy atom. The molecule has 0 aromatic heterocycles. The summed E-state index contributed by atoms with van der Waals surface area (Å²) in [4.78, 5) is 10.7. The molecule has 0 N–H and O–H groups in total. The maximum absolute atomic E-state index is 10.7. The molecule has 0 saturated carbocycles. The number of carbonyl (C=O) groups is 1. The van der Waals surface area contributed by atoms with Crippen LogP contribution in [0.5, 0.6) is 5.75 Å². The summed E-state index contributed by atoms with van der Waals surface area (Å²) in [6, 6.07) is 5.27. The van der Waals surface area contributed by atoms with Crippen LogP contribution in [0.3, 0.4) is 0 Å². The van der Waals surface area contributed by atoms with Crippen molar-refractivity contribution in [3.8, 4) is 5.75 Å². The van der Waals surface area contributed by atoms with Crippen LogP contribution in [0.4, 0.5) is 0 Å². The zero-order chi connectivity index (χ0) is 13.4. The average Bonchev–Trinajstić information content (AvgIpc) is 2.42. The predicted molar refractivity (Wildman–Crippen MR) is 69.1 cm³/mol. The van der Waals surface area contributed by atoms with Crippen LogP contribution in [-0.2, 0) is 16.1 Å². The summed E-state index contributed by atoms with van der Waals surface area (Å²) in [6.45, 7) is 5.54. The lowest BCUT2D eigenvalue weighted by Gasteiger charge is -2.14. The molecule has 1 atom stereocenters.